The van der Waals surface area contributed by atoms with E-state index in [0.717, 1.165) is 37.0 Å². The Morgan fingerprint density at radius 2 is 1.91 bits per heavy atom. The molecule has 0 N–H and O–H groups in total. The lowest BCUT2D eigenvalue weighted by Crippen LogP contribution is -2.38. The van der Waals surface area contributed by atoms with Crippen LogP contribution in [0.2, 0.25) is 0 Å². The van der Waals surface area contributed by atoms with Crippen LogP contribution in [-0.4, -0.2) is 33.9 Å². The number of piperidine rings is 1. The predicted molar refractivity (Wildman–Crippen MR) is 91.7 cm³/mol. The molecule has 116 valence electrons. The van der Waals surface area contributed by atoms with Gasteiger partial charge in [-0.25, -0.2) is 4.98 Å². The third-order valence-electron chi connectivity index (χ3n) is 4.46. The molecule has 1 saturated heterocycles. The Morgan fingerprint density at radius 1 is 1.13 bits per heavy atom. The van der Waals surface area contributed by atoms with Gasteiger partial charge in [-0.05, 0) is 53.3 Å². The number of nitrogens with zero attached hydrogens (tertiary/aromatic N) is 3. The molecule has 1 fully saturated rings. The van der Waals surface area contributed by atoms with Gasteiger partial charge in [0.1, 0.15) is 5.69 Å². The van der Waals surface area contributed by atoms with Crippen LogP contribution in [0.25, 0.3) is 11.0 Å². The minimum Gasteiger partial charge on any atom is -0.337 e. The SMILES string of the molecule is O=C(c1cnc2ccccc2n1)N1CCC(c2ccsc2)CC1. The Bertz CT molecular complexity index is 823. The van der Waals surface area contributed by atoms with Gasteiger partial charge in [0, 0.05) is 13.1 Å². The lowest BCUT2D eigenvalue weighted by molar-refractivity contribution is 0.0707. The van der Waals surface area contributed by atoms with E-state index in [1.807, 2.05) is 29.2 Å². The fraction of sp³-hybridized carbons (Fsp3) is 0.278. The zero-order valence-corrected chi connectivity index (χ0v) is 13.5. The van der Waals surface area contributed by atoms with Crippen molar-refractivity contribution in [2.24, 2.45) is 0 Å². The van der Waals surface area contributed by atoms with Gasteiger partial charge in [0.2, 0.25) is 0 Å². The fourth-order valence-electron chi connectivity index (χ4n) is 3.15. The summed E-state index contributed by atoms with van der Waals surface area (Å²) in [5.41, 5.74) is 3.44. The summed E-state index contributed by atoms with van der Waals surface area (Å²) in [5.74, 6) is 0.569. The first kappa shape index (κ1) is 14.3. The van der Waals surface area contributed by atoms with Crippen LogP contribution in [0.3, 0.4) is 0 Å². The van der Waals surface area contributed by atoms with Crippen molar-refractivity contribution in [2.75, 3.05) is 13.1 Å². The molecule has 4 nitrogen and oxygen atoms in total. The Kier molecular flexibility index (Phi) is 3.79. The van der Waals surface area contributed by atoms with Gasteiger partial charge in [-0.2, -0.15) is 11.3 Å². The van der Waals surface area contributed by atoms with E-state index < -0.39 is 0 Å². The van der Waals surface area contributed by atoms with Crippen LogP contribution in [0.15, 0.2) is 47.3 Å². The van der Waals surface area contributed by atoms with E-state index in [-0.39, 0.29) is 5.91 Å². The number of thiophene rings is 1. The largest absolute Gasteiger partial charge is 0.337 e. The third kappa shape index (κ3) is 2.84. The van der Waals surface area contributed by atoms with Gasteiger partial charge in [0.25, 0.3) is 5.91 Å². The van der Waals surface area contributed by atoms with Crippen molar-refractivity contribution in [3.63, 3.8) is 0 Å². The number of hydrogen-bond donors (Lipinski definition) is 0. The molecule has 0 atom stereocenters. The fourth-order valence-corrected chi connectivity index (χ4v) is 3.89. The lowest BCUT2D eigenvalue weighted by atomic mass is 9.91. The molecule has 1 aromatic carbocycles. The molecule has 0 saturated carbocycles. The summed E-state index contributed by atoms with van der Waals surface area (Å²) < 4.78 is 0. The number of hydrogen-bond acceptors (Lipinski definition) is 4. The zero-order valence-electron chi connectivity index (χ0n) is 12.7. The number of aromatic nitrogens is 2. The summed E-state index contributed by atoms with van der Waals surface area (Å²) in [4.78, 5) is 23.4. The van der Waals surface area contributed by atoms with Gasteiger partial charge < -0.3 is 4.90 Å². The number of rotatable bonds is 2. The van der Waals surface area contributed by atoms with E-state index in [1.54, 1.807) is 17.5 Å². The molecule has 0 bridgehead atoms. The first-order valence-corrected chi connectivity index (χ1v) is 8.79. The molecule has 5 heteroatoms. The van der Waals surface area contributed by atoms with Crippen molar-refractivity contribution in [2.45, 2.75) is 18.8 Å². The molecule has 0 unspecified atom stereocenters. The Balaban J connectivity index is 1.48. The summed E-state index contributed by atoms with van der Waals surface area (Å²) in [6.07, 6.45) is 3.63. The Labute approximate surface area is 138 Å². The molecule has 2 aromatic heterocycles. The molecule has 0 spiro atoms. The number of amides is 1. The van der Waals surface area contributed by atoms with Gasteiger partial charge in [-0.3, -0.25) is 9.78 Å². The third-order valence-corrected chi connectivity index (χ3v) is 5.17. The van der Waals surface area contributed by atoms with E-state index in [1.165, 1.54) is 5.56 Å². The summed E-state index contributed by atoms with van der Waals surface area (Å²) in [6.45, 7) is 1.57. The van der Waals surface area contributed by atoms with Crippen molar-refractivity contribution in [1.82, 2.24) is 14.9 Å². The lowest BCUT2D eigenvalue weighted by Gasteiger charge is -2.31. The van der Waals surface area contributed by atoms with Crippen LogP contribution in [0, 0.1) is 0 Å². The average Bonchev–Trinajstić information content (AvgIpc) is 3.15. The summed E-state index contributed by atoms with van der Waals surface area (Å²) in [6, 6.07) is 9.83. The molecular formula is C18H17N3OS. The molecule has 23 heavy (non-hydrogen) atoms. The van der Waals surface area contributed by atoms with Gasteiger partial charge in [-0.15, -0.1) is 0 Å². The molecule has 1 aliphatic heterocycles. The van der Waals surface area contributed by atoms with Crippen LogP contribution in [-0.2, 0) is 0 Å². The highest BCUT2D eigenvalue weighted by atomic mass is 32.1. The minimum absolute atomic E-state index is 0.00739. The van der Waals surface area contributed by atoms with E-state index in [2.05, 4.69) is 26.8 Å². The first-order chi connectivity index (χ1) is 11.3. The molecular weight excluding hydrogens is 306 g/mol. The minimum atomic E-state index is -0.00739. The number of carbonyl (C=O) groups excluding carboxylic acids is 1. The summed E-state index contributed by atoms with van der Waals surface area (Å²) in [5, 5.41) is 4.34. The molecule has 0 radical (unpaired) electrons. The maximum Gasteiger partial charge on any atom is 0.274 e. The van der Waals surface area contributed by atoms with Crippen LogP contribution < -0.4 is 0 Å². The van der Waals surface area contributed by atoms with Crippen molar-refractivity contribution >= 4 is 28.3 Å². The standard InChI is InChI=1S/C18H17N3OS/c22-18(17-11-19-15-3-1-2-4-16(15)20-17)21-8-5-13(6-9-21)14-7-10-23-12-14/h1-4,7,10-13H,5-6,8-9H2. The maximum atomic E-state index is 12.7. The zero-order chi connectivity index (χ0) is 15.6. The number of carbonyl (C=O) groups is 1. The molecule has 3 aromatic rings. The highest BCUT2D eigenvalue weighted by Gasteiger charge is 2.25. The second-order valence-corrected chi connectivity index (χ2v) is 6.65. The van der Waals surface area contributed by atoms with Gasteiger partial charge in [0.05, 0.1) is 17.2 Å². The second kappa shape index (κ2) is 6.08. The van der Waals surface area contributed by atoms with Crippen molar-refractivity contribution in [1.29, 1.82) is 0 Å². The van der Waals surface area contributed by atoms with Crippen molar-refractivity contribution in [3.8, 4) is 0 Å². The van der Waals surface area contributed by atoms with Crippen LogP contribution in [0.4, 0.5) is 0 Å². The van der Waals surface area contributed by atoms with Crippen molar-refractivity contribution in [3.05, 3.63) is 58.5 Å². The highest BCUT2D eigenvalue weighted by Crippen LogP contribution is 2.29. The van der Waals surface area contributed by atoms with Gasteiger partial charge >= 0.3 is 0 Å². The van der Waals surface area contributed by atoms with Crippen LogP contribution in [0.1, 0.15) is 34.8 Å². The number of likely N-dealkylation sites (tertiary alicyclic amines) is 1. The maximum absolute atomic E-state index is 12.7. The quantitative estimate of drug-likeness (QED) is 0.722. The van der Waals surface area contributed by atoms with E-state index >= 15 is 0 Å². The van der Waals surface area contributed by atoms with E-state index in [4.69, 9.17) is 0 Å². The number of para-hydroxylation sites is 2. The Morgan fingerprint density at radius 3 is 2.65 bits per heavy atom. The molecule has 1 aliphatic rings. The Hall–Kier alpha value is -2.27. The summed E-state index contributed by atoms with van der Waals surface area (Å²) in [7, 11) is 0. The molecule has 3 heterocycles. The summed E-state index contributed by atoms with van der Waals surface area (Å²) >= 11 is 1.74. The van der Waals surface area contributed by atoms with Gasteiger partial charge in [-0.1, -0.05) is 12.1 Å². The van der Waals surface area contributed by atoms with Crippen molar-refractivity contribution < 1.29 is 4.79 Å². The monoisotopic (exact) mass is 323 g/mol. The first-order valence-electron chi connectivity index (χ1n) is 7.84. The van der Waals surface area contributed by atoms with E-state index in [9.17, 15) is 4.79 Å². The molecule has 4 rings (SSSR count). The smallest absolute Gasteiger partial charge is 0.274 e. The molecule has 0 aliphatic carbocycles. The van der Waals surface area contributed by atoms with E-state index in [0.29, 0.717) is 11.6 Å². The average molecular weight is 323 g/mol. The number of fused-ring (bicyclic) bond motifs is 1. The van der Waals surface area contributed by atoms with Crippen LogP contribution >= 0.6 is 11.3 Å². The predicted octanol–water partition coefficient (Wildman–Crippen LogP) is 3.71. The van der Waals surface area contributed by atoms with Gasteiger partial charge in [0.15, 0.2) is 0 Å². The molecule has 1 amide bonds. The van der Waals surface area contributed by atoms with Crippen LogP contribution in [0.5, 0.6) is 0 Å². The normalized spacial score (nSPS) is 15.9. The highest BCUT2D eigenvalue weighted by molar-refractivity contribution is 7.07. The topological polar surface area (TPSA) is 46.1 Å². The number of benzene rings is 1. The second-order valence-electron chi connectivity index (χ2n) is 5.87.